The number of hydrogen-bond donors (Lipinski definition) is 1. The van der Waals surface area contributed by atoms with Crippen molar-refractivity contribution < 1.29 is 18.7 Å². The highest BCUT2D eigenvalue weighted by molar-refractivity contribution is 6.30. The van der Waals surface area contributed by atoms with Crippen LogP contribution < -0.4 is 10.1 Å². The van der Waals surface area contributed by atoms with Gasteiger partial charge in [0.2, 0.25) is 11.8 Å². The Bertz CT molecular complexity index is 1180. The number of nitrogens with zero attached hydrogens (tertiary/aromatic N) is 4. The van der Waals surface area contributed by atoms with Gasteiger partial charge in [-0.05, 0) is 18.2 Å². The topological polar surface area (TPSA) is 89.5 Å². The largest absolute Gasteiger partial charge is 0.472 e. The van der Waals surface area contributed by atoms with E-state index in [1.165, 1.54) is 25.6 Å². The molecule has 2 aromatic heterocycles. The Morgan fingerprint density at radius 1 is 1.39 bits per heavy atom. The van der Waals surface area contributed by atoms with Crippen molar-refractivity contribution in [2.75, 3.05) is 32.1 Å². The summed E-state index contributed by atoms with van der Waals surface area (Å²) in [6.45, 7) is 4.76. The second kappa shape index (κ2) is 10.1. The van der Waals surface area contributed by atoms with Gasteiger partial charge in [-0.15, -0.1) is 0 Å². The molecule has 1 N–H and O–H groups in total. The van der Waals surface area contributed by atoms with Crippen molar-refractivity contribution in [3.8, 4) is 5.88 Å². The lowest BCUT2D eigenvalue weighted by Crippen LogP contribution is -2.29. The van der Waals surface area contributed by atoms with E-state index in [0.717, 1.165) is 0 Å². The lowest BCUT2D eigenvalue weighted by atomic mass is 10.1. The average molecular weight is 472 g/mol. The summed E-state index contributed by atoms with van der Waals surface area (Å²) in [6.07, 6.45) is 3.22. The van der Waals surface area contributed by atoms with E-state index in [9.17, 15) is 9.18 Å². The van der Waals surface area contributed by atoms with Crippen LogP contribution in [0.15, 0.2) is 49.3 Å². The molecule has 0 radical (unpaired) electrons. The van der Waals surface area contributed by atoms with E-state index in [-0.39, 0.29) is 23.6 Å². The molecular formula is C23H23ClFN5O3. The summed E-state index contributed by atoms with van der Waals surface area (Å²) in [5.41, 5.74) is 1.41. The second-order valence-electron chi connectivity index (χ2n) is 7.55. The highest BCUT2D eigenvalue weighted by Crippen LogP contribution is 2.29. The highest BCUT2D eigenvalue weighted by Gasteiger charge is 2.27. The first kappa shape index (κ1) is 22.9. The Kier molecular flexibility index (Phi) is 7.00. The van der Waals surface area contributed by atoms with E-state index in [1.54, 1.807) is 29.2 Å². The third kappa shape index (κ3) is 5.04. The van der Waals surface area contributed by atoms with E-state index >= 15 is 0 Å². The monoisotopic (exact) mass is 471 g/mol. The van der Waals surface area contributed by atoms with E-state index in [1.807, 2.05) is 0 Å². The molecule has 1 fully saturated rings. The van der Waals surface area contributed by atoms with Crippen LogP contribution in [0.4, 0.5) is 10.2 Å². The average Bonchev–Trinajstić information content (AvgIpc) is 3.29. The van der Waals surface area contributed by atoms with Crippen LogP contribution in [0.3, 0.4) is 0 Å². The van der Waals surface area contributed by atoms with E-state index < -0.39 is 11.9 Å². The minimum absolute atomic E-state index is 0.0253. The van der Waals surface area contributed by atoms with Crippen molar-refractivity contribution in [3.63, 3.8) is 0 Å². The van der Waals surface area contributed by atoms with Crippen LogP contribution >= 0.6 is 11.6 Å². The maximum absolute atomic E-state index is 14.7. The molecule has 8 nitrogen and oxygen atoms in total. The predicted octanol–water partition coefficient (Wildman–Crippen LogP) is 3.78. The Labute approximate surface area is 195 Å². The van der Waals surface area contributed by atoms with Crippen molar-refractivity contribution in [1.82, 2.24) is 19.9 Å². The number of amides is 1. The van der Waals surface area contributed by atoms with Gasteiger partial charge in [0.05, 0.1) is 29.7 Å². The summed E-state index contributed by atoms with van der Waals surface area (Å²) in [5.74, 6) is 0.144. The molecule has 1 aliphatic heterocycles. The number of methoxy groups -OCH3 is 1. The smallest absolute Gasteiger partial charge is 0.246 e. The second-order valence-corrected chi connectivity index (χ2v) is 7.96. The zero-order chi connectivity index (χ0) is 23.4. The predicted molar refractivity (Wildman–Crippen MR) is 123 cm³/mol. The third-order valence-corrected chi connectivity index (χ3v) is 5.67. The van der Waals surface area contributed by atoms with Crippen LogP contribution in [0.1, 0.15) is 18.0 Å². The molecule has 0 saturated carbocycles. The number of halogens is 2. The van der Waals surface area contributed by atoms with E-state index in [0.29, 0.717) is 47.8 Å². The van der Waals surface area contributed by atoms with Crippen molar-refractivity contribution in [3.05, 3.63) is 65.7 Å². The molecule has 1 amide bonds. The molecule has 1 saturated heterocycles. The lowest BCUT2D eigenvalue weighted by molar-refractivity contribution is -0.125. The SMILES string of the molecule is C=CC(=O)N1CC[C@H](Oc2ccc3ncnc(NC(COC)c4cccc(Cl)c4F)c3n2)C1. The molecule has 10 heteroatoms. The standard InChI is InChI=1S/C23H23ClFN5O3/c1-3-20(31)30-10-9-14(11-30)33-19-8-7-17-22(29-19)23(27-13-26-17)28-18(12-32-2)15-5-4-6-16(24)21(15)25/h3-8,13-14,18H,1,9-12H2,2H3,(H,26,27,28)/t14-,18?/m0/s1. The fraction of sp³-hybridized carbons (Fsp3) is 0.304. The first-order chi connectivity index (χ1) is 16.0. The molecule has 1 aliphatic rings. The fourth-order valence-electron chi connectivity index (χ4n) is 3.75. The molecule has 3 aromatic rings. The number of rotatable bonds is 8. The number of nitrogens with one attached hydrogen (secondary N) is 1. The van der Waals surface area contributed by atoms with Crippen LogP contribution in [0.2, 0.25) is 5.02 Å². The van der Waals surface area contributed by atoms with Crippen molar-refractivity contribution >= 4 is 34.4 Å². The molecule has 33 heavy (non-hydrogen) atoms. The zero-order valence-corrected chi connectivity index (χ0v) is 18.8. The maximum Gasteiger partial charge on any atom is 0.246 e. The number of pyridine rings is 1. The Balaban J connectivity index is 1.59. The van der Waals surface area contributed by atoms with Crippen LogP contribution in [-0.2, 0) is 9.53 Å². The fourth-order valence-corrected chi connectivity index (χ4v) is 3.93. The summed E-state index contributed by atoms with van der Waals surface area (Å²) in [6, 6.07) is 7.74. The molecule has 0 bridgehead atoms. The lowest BCUT2D eigenvalue weighted by Gasteiger charge is -2.20. The summed E-state index contributed by atoms with van der Waals surface area (Å²) in [7, 11) is 1.53. The number of fused-ring (bicyclic) bond motifs is 1. The number of anilines is 1. The number of carbonyl (C=O) groups is 1. The number of benzene rings is 1. The summed E-state index contributed by atoms with van der Waals surface area (Å²) in [5, 5.41) is 3.23. The number of carbonyl (C=O) groups excluding carboxylic acids is 1. The molecular weight excluding hydrogens is 449 g/mol. The number of hydrogen-bond acceptors (Lipinski definition) is 7. The van der Waals surface area contributed by atoms with Crippen LogP contribution in [-0.4, -0.2) is 58.7 Å². The van der Waals surface area contributed by atoms with Crippen molar-refractivity contribution in [1.29, 1.82) is 0 Å². The Hall–Kier alpha value is -3.30. The van der Waals surface area contributed by atoms with Gasteiger partial charge in [-0.3, -0.25) is 4.79 Å². The van der Waals surface area contributed by atoms with Gasteiger partial charge >= 0.3 is 0 Å². The molecule has 4 rings (SSSR count). The summed E-state index contributed by atoms with van der Waals surface area (Å²) in [4.78, 5) is 26.7. The minimum Gasteiger partial charge on any atom is -0.472 e. The quantitative estimate of drug-likeness (QED) is 0.500. The molecule has 2 atom stereocenters. The molecule has 1 aromatic carbocycles. The van der Waals surface area contributed by atoms with Crippen molar-refractivity contribution in [2.45, 2.75) is 18.6 Å². The molecule has 1 unspecified atom stereocenters. The number of ether oxygens (including phenoxy) is 2. The zero-order valence-electron chi connectivity index (χ0n) is 18.0. The first-order valence-corrected chi connectivity index (χ1v) is 10.8. The van der Waals surface area contributed by atoms with Gasteiger partial charge < -0.3 is 19.7 Å². The highest BCUT2D eigenvalue weighted by atomic mass is 35.5. The first-order valence-electron chi connectivity index (χ1n) is 10.4. The molecule has 0 spiro atoms. The Morgan fingerprint density at radius 3 is 3.03 bits per heavy atom. The maximum atomic E-state index is 14.7. The van der Waals surface area contributed by atoms with Crippen molar-refractivity contribution in [2.24, 2.45) is 0 Å². The van der Waals surface area contributed by atoms with Crippen LogP contribution in [0, 0.1) is 5.82 Å². The normalized spacial score (nSPS) is 16.6. The number of likely N-dealkylation sites (tertiary alicyclic amines) is 1. The molecule has 172 valence electrons. The van der Waals surface area contributed by atoms with Gasteiger partial charge in [-0.25, -0.2) is 19.3 Å². The minimum atomic E-state index is -0.563. The molecule has 0 aliphatic carbocycles. The summed E-state index contributed by atoms with van der Waals surface area (Å²) < 4.78 is 26.0. The van der Waals surface area contributed by atoms with Gasteiger partial charge in [-0.2, -0.15) is 0 Å². The van der Waals surface area contributed by atoms with Gasteiger partial charge in [0.1, 0.15) is 23.8 Å². The summed E-state index contributed by atoms with van der Waals surface area (Å²) >= 11 is 5.97. The number of aromatic nitrogens is 3. The van der Waals surface area contributed by atoms with Gasteiger partial charge in [0, 0.05) is 31.7 Å². The van der Waals surface area contributed by atoms with Crippen LogP contribution in [0.25, 0.3) is 11.0 Å². The van der Waals surface area contributed by atoms with Crippen LogP contribution in [0.5, 0.6) is 5.88 Å². The Morgan fingerprint density at radius 2 is 2.24 bits per heavy atom. The third-order valence-electron chi connectivity index (χ3n) is 5.38. The van der Waals surface area contributed by atoms with Gasteiger partial charge in [0.25, 0.3) is 0 Å². The molecule has 3 heterocycles. The van der Waals surface area contributed by atoms with Gasteiger partial charge in [0.15, 0.2) is 5.82 Å². The van der Waals surface area contributed by atoms with E-state index in [4.69, 9.17) is 21.1 Å². The van der Waals surface area contributed by atoms with E-state index in [2.05, 4.69) is 26.8 Å². The van der Waals surface area contributed by atoms with Gasteiger partial charge in [-0.1, -0.05) is 30.3 Å².